The number of nitrogens with two attached hydrogens (primary N) is 2. The van der Waals surface area contributed by atoms with Crippen LogP contribution >= 0.6 is 23.2 Å². The van der Waals surface area contributed by atoms with Crippen molar-refractivity contribution >= 4 is 66.0 Å². The summed E-state index contributed by atoms with van der Waals surface area (Å²) < 4.78 is 47.9. The van der Waals surface area contributed by atoms with E-state index in [0.717, 1.165) is 9.36 Å². The number of aromatic nitrogens is 4. The van der Waals surface area contributed by atoms with E-state index in [1.165, 1.54) is 98.8 Å². The van der Waals surface area contributed by atoms with Crippen LogP contribution in [0.5, 0.6) is 11.5 Å². The summed E-state index contributed by atoms with van der Waals surface area (Å²) in [5.41, 5.74) is -0.582. The molecule has 2 aromatic heterocycles. The van der Waals surface area contributed by atoms with Crippen LogP contribution in [0, 0.1) is 13.8 Å². The first-order valence-corrected chi connectivity index (χ1v) is 18.7. The van der Waals surface area contributed by atoms with Crippen LogP contribution in [-0.4, -0.2) is 26.2 Å². The number of azo groups is 2. The molecule has 0 saturated heterocycles. The molecule has 0 aliphatic heterocycles. The molecule has 0 unspecified atom stereocenters. The molecule has 4 aromatic carbocycles. The zero-order valence-electron chi connectivity index (χ0n) is 29.0. The van der Waals surface area contributed by atoms with E-state index in [1.54, 1.807) is 0 Å². The maximum Gasteiger partial charge on any atom is 3.00 e. The predicted molar refractivity (Wildman–Crippen MR) is 193 cm³/mol. The van der Waals surface area contributed by atoms with E-state index < -0.39 is 42.7 Å². The molecule has 0 aliphatic rings. The van der Waals surface area contributed by atoms with Gasteiger partial charge >= 0.3 is 46.3 Å². The molecule has 0 atom stereocenters. The summed E-state index contributed by atoms with van der Waals surface area (Å²) in [5, 5.41) is 57.6. The first kappa shape index (κ1) is 46.0. The topological polar surface area (TPSA) is 288 Å². The summed E-state index contributed by atoms with van der Waals surface area (Å²) in [6.45, 7) is 3.07. The molecule has 18 nitrogen and oxygen atoms in total. The molecule has 0 bridgehead atoms. The molecule has 6 rings (SSSR count). The fourth-order valence-electron chi connectivity index (χ4n) is 4.51. The van der Waals surface area contributed by atoms with Gasteiger partial charge in [0.25, 0.3) is 11.1 Å². The molecular weight excluding hydrogens is 869 g/mol. The van der Waals surface area contributed by atoms with Gasteiger partial charge in [-0.1, -0.05) is 72.8 Å². The van der Waals surface area contributed by atoms with Crippen molar-refractivity contribution in [3.05, 3.63) is 127 Å². The van der Waals surface area contributed by atoms with Crippen LogP contribution in [-0.2, 0) is 36.8 Å². The fraction of sp³-hybridized carbons (Fsp3) is 0.0625. The van der Waals surface area contributed by atoms with Gasteiger partial charge in [0.1, 0.15) is 11.4 Å². The normalized spacial score (nSPS) is 11.5. The Labute approximate surface area is 360 Å². The van der Waals surface area contributed by atoms with Crippen LogP contribution < -0.4 is 71.4 Å². The zero-order chi connectivity index (χ0) is 39.5. The molecule has 4 N–H and O–H groups in total. The van der Waals surface area contributed by atoms with Crippen molar-refractivity contribution in [2.75, 3.05) is 0 Å². The Morgan fingerprint density at radius 3 is 1.30 bits per heavy atom. The summed E-state index contributed by atoms with van der Waals surface area (Å²) in [6, 6.07) is 18.9. The Morgan fingerprint density at radius 2 is 0.964 bits per heavy atom. The van der Waals surface area contributed by atoms with Gasteiger partial charge in [-0.3, -0.25) is 9.59 Å². The van der Waals surface area contributed by atoms with Crippen molar-refractivity contribution in [3.8, 4) is 22.9 Å². The molecular formula is C32H24Cl2CoN10NaO8S2. The van der Waals surface area contributed by atoms with E-state index >= 15 is 0 Å². The standard InChI is InChI=1S/2C16H14ClN5O4S.Co.Na/c2*1-9-15(20-19-13-7-10(17)5-6-14(13)23)16(24)22(21-9)11-3-2-4-12(8-11)27(18,25)26;;/h2*2-8H,1H3,(H4,18,19,20,21,23,24,25,26);;/q;;+3;+1/p-4. The predicted octanol–water partition coefficient (Wildman–Crippen LogP) is 0.787. The van der Waals surface area contributed by atoms with Crippen LogP contribution in [0.25, 0.3) is 11.4 Å². The zero-order valence-corrected chi connectivity index (χ0v) is 35.2. The second-order valence-corrected chi connectivity index (χ2v) is 15.0. The quantitative estimate of drug-likeness (QED) is 0.160. The van der Waals surface area contributed by atoms with Gasteiger partial charge in [0.15, 0.2) is 0 Å². The van der Waals surface area contributed by atoms with Gasteiger partial charge in [-0.15, -0.1) is 21.6 Å². The first-order chi connectivity index (χ1) is 25.3. The van der Waals surface area contributed by atoms with Crippen LogP contribution in [0.1, 0.15) is 11.4 Å². The number of sulfonamides is 2. The molecule has 2 heterocycles. The Hall–Kier alpha value is -4.39. The molecule has 0 saturated carbocycles. The maximum atomic E-state index is 12.6. The number of aryl methyl sites for hydroxylation is 2. The molecule has 0 aliphatic carbocycles. The van der Waals surface area contributed by atoms with E-state index in [4.69, 9.17) is 33.5 Å². The van der Waals surface area contributed by atoms with Crippen molar-refractivity contribution in [1.82, 2.24) is 19.6 Å². The Balaban J connectivity index is 0.000000290. The van der Waals surface area contributed by atoms with Gasteiger partial charge in [-0.2, -0.15) is 10.2 Å². The summed E-state index contributed by atoms with van der Waals surface area (Å²) in [7, 11) is -7.87. The Kier molecular flexibility index (Phi) is 15.4. The van der Waals surface area contributed by atoms with E-state index in [9.17, 15) is 36.6 Å². The van der Waals surface area contributed by atoms with Crippen molar-refractivity contribution in [3.63, 3.8) is 0 Å². The minimum atomic E-state index is -3.94. The van der Waals surface area contributed by atoms with Gasteiger partial charge in [-0.05, 0) is 60.7 Å². The average molecular weight is 894 g/mol. The molecule has 286 valence electrons. The van der Waals surface area contributed by atoms with Gasteiger partial charge in [0.05, 0.1) is 21.2 Å². The number of hydrogen-bond acceptors (Lipinski definition) is 12. The molecule has 0 radical (unpaired) electrons. The smallest absolute Gasteiger partial charge is 0.871 e. The average Bonchev–Trinajstić information content (AvgIpc) is 3.57. The third-order valence-corrected chi connectivity index (χ3v) is 9.41. The molecule has 24 heteroatoms. The largest absolute Gasteiger partial charge is 3.00 e. The number of halogens is 2. The number of primary sulfonamides is 2. The van der Waals surface area contributed by atoms with Gasteiger partial charge < -0.3 is 29.8 Å². The van der Waals surface area contributed by atoms with Crippen LogP contribution in [0.2, 0.25) is 10.0 Å². The fourth-order valence-corrected chi connectivity index (χ4v) is 5.94. The molecule has 0 amide bonds. The van der Waals surface area contributed by atoms with Gasteiger partial charge in [0, 0.05) is 21.4 Å². The van der Waals surface area contributed by atoms with Gasteiger partial charge in [0.2, 0.25) is 20.0 Å². The summed E-state index contributed by atoms with van der Waals surface area (Å²) in [6.07, 6.45) is 0. The molecule has 56 heavy (non-hydrogen) atoms. The maximum absolute atomic E-state index is 12.6. The Bertz CT molecular complexity index is 2630. The number of hydrogen-bond donors (Lipinski definition) is 2. The number of rotatable bonds is 8. The first-order valence-electron chi connectivity index (χ1n) is 14.9. The van der Waals surface area contributed by atoms with Crippen molar-refractivity contribution in [2.45, 2.75) is 23.6 Å². The molecule has 6 aromatic rings. The van der Waals surface area contributed by atoms with E-state index in [-0.39, 0.29) is 102 Å². The van der Waals surface area contributed by atoms with Crippen LogP contribution in [0.4, 0.5) is 22.7 Å². The third-order valence-electron chi connectivity index (χ3n) is 7.11. The minimum Gasteiger partial charge on any atom is -0.871 e. The number of nitrogens with zero attached hydrogens (tertiary/aromatic N) is 8. The van der Waals surface area contributed by atoms with Crippen LogP contribution in [0.15, 0.2) is 125 Å². The second kappa shape index (κ2) is 18.7. The molecule has 0 fully saturated rings. The van der Waals surface area contributed by atoms with Gasteiger partial charge in [-0.25, -0.2) is 27.1 Å². The summed E-state index contributed by atoms with van der Waals surface area (Å²) in [5.74, 6) is -0.803. The SMILES string of the molecule is Cc1[n-]n(-c2cccc(S(N)(=O)=O)c2)c(=O)c1N=Nc1cc(Cl)ccc1[O-].Cc1[n-]n(-c2cccc(S(N)(=O)=O)c2)c(=O)c1N=Nc1cc(Cl)ccc1[O-].[Co+3].[Na+]. The minimum absolute atomic E-state index is 0. The monoisotopic (exact) mass is 892 g/mol. The van der Waals surface area contributed by atoms with E-state index in [2.05, 4.69) is 30.7 Å². The number of benzene rings is 4. The summed E-state index contributed by atoms with van der Waals surface area (Å²) in [4.78, 5) is 24.8. The van der Waals surface area contributed by atoms with Crippen molar-refractivity contribution < 1.29 is 73.4 Å². The third kappa shape index (κ3) is 10.9. The summed E-state index contributed by atoms with van der Waals surface area (Å²) >= 11 is 11.6. The Morgan fingerprint density at radius 1 is 0.607 bits per heavy atom. The van der Waals surface area contributed by atoms with Crippen molar-refractivity contribution in [1.29, 1.82) is 0 Å². The van der Waals surface area contributed by atoms with Crippen molar-refractivity contribution in [2.24, 2.45) is 30.7 Å². The molecule has 0 spiro atoms. The van der Waals surface area contributed by atoms with E-state index in [1.807, 2.05) is 0 Å². The van der Waals surface area contributed by atoms with Crippen LogP contribution in [0.3, 0.4) is 0 Å². The van der Waals surface area contributed by atoms with E-state index in [0.29, 0.717) is 10.0 Å². The second-order valence-electron chi connectivity index (χ2n) is 11.0.